The summed E-state index contributed by atoms with van der Waals surface area (Å²) >= 11 is 0. The molecule has 0 spiro atoms. The lowest BCUT2D eigenvalue weighted by Crippen LogP contribution is -2.71. The number of alkyl halides is 13. The highest BCUT2D eigenvalue weighted by Gasteiger charge is 2.92. The van der Waals surface area contributed by atoms with Gasteiger partial charge in [0.1, 0.15) is 11.5 Å². The van der Waals surface area contributed by atoms with Crippen LogP contribution in [-0.4, -0.2) is 73.0 Å². The second-order valence-corrected chi connectivity index (χ2v) is 15.0. The third kappa shape index (κ3) is 12.0. The molecular formula is C45H43F13O7. The van der Waals surface area contributed by atoms with E-state index in [0.29, 0.717) is 23.5 Å². The second kappa shape index (κ2) is 21.2. The van der Waals surface area contributed by atoms with Gasteiger partial charge in [0.05, 0.1) is 30.4 Å². The molecule has 356 valence electrons. The van der Waals surface area contributed by atoms with E-state index in [9.17, 15) is 71.5 Å². The van der Waals surface area contributed by atoms with Gasteiger partial charge < -0.3 is 18.9 Å². The van der Waals surface area contributed by atoms with Gasteiger partial charge in [0, 0.05) is 0 Å². The Morgan fingerprint density at radius 3 is 1.63 bits per heavy atom. The first-order chi connectivity index (χ1) is 30.3. The van der Waals surface area contributed by atoms with E-state index in [1.54, 1.807) is 84.9 Å². The maximum absolute atomic E-state index is 13.9. The molecule has 0 aliphatic heterocycles. The van der Waals surface area contributed by atoms with Crippen LogP contribution in [0.15, 0.2) is 84.9 Å². The van der Waals surface area contributed by atoms with E-state index in [4.69, 9.17) is 14.2 Å². The Labute approximate surface area is 364 Å². The van der Waals surface area contributed by atoms with Gasteiger partial charge in [0.25, 0.3) is 0 Å². The van der Waals surface area contributed by atoms with Gasteiger partial charge in [-0.15, -0.1) is 0 Å². The van der Waals surface area contributed by atoms with E-state index in [2.05, 4.69) is 11.7 Å². The van der Waals surface area contributed by atoms with Crippen LogP contribution in [-0.2, 0) is 14.3 Å². The summed E-state index contributed by atoms with van der Waals surface area (Å²) in [4.78, 5) is 37.1. The molecule has 0 aliphatic rings. The van der Waals surface area contributed by atoms with Crippen molar-refractivity contribution in [3.8, 4) is 22.6 Å². The van der Waals surface area contributed by atoms with Gasteiger partial charge >= 0.3 is 53.7 Å². The molecule has 0 saturated heterocycles. The van der Waals surface area contributed by atoms with Crippen LogP contribution < -0.4 is 9.47 Å². The highest BCUT2D eigenvalue weighted by atomic mass is 19.4. The topological polar surface area (TPSA) is 88.1 Å². The molecular weight excluding hydrogens is 899 g/mol. The maximum Gasteiger partial charge on any atom is 0.460 e. The van der Waals surface area contributed by atoms with Crippen molar-refractivity contribution in [1.29, 1.82) is 0 Å². The highest BCUT2D eigenvalue weighted by Crippen LogP contribution is 2.60. The Morgan fingerprint density at radius 1 is 0.523 bits per heavy atom. The molecule has 0 radical (unpaired) electrons. The third-order valence-corrected chi connectivity index (χ3v) is 10.1. The molecule has 0 aliphatic carbocycles. The van der Waals surface area contributed by atoms with E-state index in [-0.39, 0.29) is 37.5 Å². The Hall–Kier alpha value is -5.56. The summed E-state index contributed by atoms with van der Waals surface area (Å²) in [5, 5.41) is 1.51. The van der Waals surface area contributed by atoms with Gasteiger partial charge in [-0.2, -0.15) is 57.1 Å². The first-order valence-corrected chi connectivity index (χ1v) is 20.2. The molecule has 4 rings (SSSR count). The fourth-order valence-corrected chi connectivity index (χ4v) is 6.19. The van der Waals surface area contributed by atoms with E-state index >= 15 is 0 Å². The van der Waals surface area contributed by atoms with Gasteiger partial charge in [-0.25, -0.2) is 14.4 Å². The minimum Gasteiger partial charge on any atom is -0.494 e. The minimum absolute atomic E-state index is 0.0361. The lowest BCUT2D eigenvalue weighted by molar-refractivity contribution is -0.437. The molecule has 4 aromatic rings. The molecule has 0 aromatic heterocycles. The summed E-state index contributed by atoms with van der Waals surface area (Å²) in [7, 11) is 0. The van der Waals surface area contributed by atoms with E-state index in [1.165, 1.54) is 0 Å². The Kier molecular flexibility index (Phi) is 17.0. The van der Waals surface area contributed by atoms with Crippen molar-refractivity contribution >= 4 is 28.7 Å². The molecule has 0 saturated carbocycles. The SMILES string of the molecule is CCCCCC[C@H](C)OC(=O)c1ccc2cc(OC(=O)c3ccc(-c4ccc(OCCCCCCOC(=O)C(F)(F)C(F)(F)C(F)(F)C(F)(F)C(F)(F)C(F)(F)F)cc4)cc3)ccc2c1. The van der Waals surface area contributed by atoms with Gasteiger partial charge in [-0.05, 0) is 116 Å². The van der Waals surface area contributed by atoms with E-state index < -0.39 is 60.3 Å². The largest absolute Gasteiger partial charge is 0.494 e. The minimum atomic E-state index is -8.11. The van der Waals surface area contributed by atoms with Crippen LogP contribution in [0.1, 0.15) is 92.4 Å². The van der Waals surface area contributed by atoms with Crippen molar-refractivity contribution in [1.82, 2.24) is 0 Å². The standard InChI is InChI=1S/C45H43F13O7/c1-3-4-5-8-11-28(2)64-38(60)34-17-16-33-27-36(23-20-32(33)26-34)65-37(59)31-14-12-29(13-15-31)30-18-21-35(22-19-30)62-24-9-6-7-10-25-63-39(61)40(46,47)41(48,49)42(50,51)43(52,53)44(54,55)45(56,57)58/h12-23,26-28H,3-11,24-25H2,1-2H3/t28-/m0/s1. The van der Waals surface area contributed by atoms with Crippen molar-refractivity contribution in [2.45, 2.75) is 114 Å². The zero-order chi connectivity index (χ0) is 48.4. The zero-order valence-corrected chi connectivity index (χ0v) is 34.7. The number of carbonyl (C=O) groups excluding carboxylic acids is 3. The van der Waals surface area contributed by atoms with Crippen molar-refractivity contribution in [2.24, 2.45) is 0 Å². The Morgan fingerprint density at radius 2 is 1.03 bits per heavy atom. The number of ether oxygens (including phenoxy) is 4. The van der Waals surface area contributed by atoms with E-state index in [1.807, 2.05) is 6.92 Å². The molecule has 20 heteroatoms. The molecule has 0 N–H and O–H groups in total. The normalized spacial score (nSPS) is 13.3. The molecule has 0 amide bonds. The van der Waals surface area contributed by atoms with Gasteiger partial charge in [0.2, 0.25) is 0 Å². The molecule has 4 aromatic carbocycles. The predicted molar refractivity (Wildman–Crippen MR) is 210 cm³/mol. The number of hydrogen-bond donors (Lipinski definition) is 0. The molecule has 0 fully saturated rings. The number of rotatable bonds is 23. The van der Waals surface area contributed by atoms with Gasteiger partial charge in [0.15, 0.2) is 0 Å². The number of esters is 3. The lowest BCUT2D eigenvalue weighted by atomic mass is 9.94. The molecule has 0 unspecified atom stereocenters. The summed E-state index contributed by atoms with van der Waals surface area (Å²) in [6.07, 6.45) is -2.41. The first-order valence-electron chi connectivity index (χ1n) is 20.2. The van der Waals surface area contributed by atoms with Crippen molar-refractivity contribution in [3.05, 3.63) is 96.1 Å². The fraction of sp³-hybridized carbons (Fsp3) is 0.444. The number of fused-ring (bicyclic) bond motifs is 1. The monoisotopic (exact) mass is 942 g/mol. The summed E-state index contributed by atoms with van der Waals surface area (Å²) < 4.78 is 192. The summed E-state index contributed by atoms with van der Waals surface area (Å²) in [6.45, 7) is 2.95. The van der Waals surface area contributed by atoms with Crippen molar-refractivity contribution in [3.63, 3.8) is 0 Å². The van der Waals surface area contributed by atoms with Crippen LogP contribution in [0.4, 0.5) is 57.1 Å². The molecule has 7 nitrogen and oxygen atoms in total. The quantitative estimate of drug-likeness (QED) is 0.0317. The zero-order valence-electron chi connectivity index (χ0n) is 34.7. The fourth-order valence-electron chi connectivity index (χ4n) is 6.19. The molecule has 65 heavy (non-hydrogen) atoms. The Balaban J connectivity index is 1.18. The molecule has 1 atom stereocenters. The van der Waals surface area contributed by atoms with Crippen LogP contribution >= 0.6 is 0 Å². The van der Waals surface area contributed by atoms with Crippen LogP contribution in [0.3, 0.4) is 0 Å². The number of unbranched alkanes of at least 4 members (excludes halogenated alkanes) is 6. The maximum atomic E-state index is 13.9. The average molecular weight is 943 g/mol. The van der Waals surface area contributed by atoms with Crippen LogP contribution in [0, 0.1) is 0 Å². The van der Waals surface area contributed by atoms with Crippen molar-refractivity contribution in [2.75, 3.05) is 13.2 Å². The first kappa shape index (κ1) is 52.1. The third-order valence-electron chi connectivity index (χ3n) is 10.1. The summed E-state index contributed by atoms with van der Waals surface area (Å²) in [5.74, 6) is -42.6. The Bertz CT molecular complexity index is 2230. The smallest absolute Gasteiger partial charge is 0.460 e. The van der Waals surface area contributed by atoms with Gasteiger partial charge in [-0.1, -0.05) is 62.6 Å². The second-order valence-electron chi connectivity index (χ2n) is 15.0. The highest BCUT2D eigenvalue weighted by molar-refractivity contribution is 5.96. The predicted octanol–water partition coefficient (Wildman–Crippen LogP) is 13.5. The van der Waals surface area contributed by atoms with E-state index in [0.717, 1.165) is 54.0 Å². The molecule has 0 bridgehead atoms. The van der Waals surface area contributed by atoms with Crippen LogP contribution in [0.5, 0.6) is 11.5 Å². The lowest BCUT2D eigenvalue weighted by Gasteiger charge is -2.38. The molecule has 0 heterocycles. The number of hydrogen-bond acceptors (Lipinski definition) is 7. The number of carbonyl (C=O) groups is 3. The van der Waals surface area contributed by atoms with Gasteiger partial charge in [-0.3, -0.25) is 0 Å². The van der Waals surface area contributed by atoms with Crippen LogP contribution in [0.25, 0.3) is 21.9 Å². The number of halogens is 13. The number of benzene rings is 4. The summed E-state index contributed by atoms with van der Waals surface area (Å²) in [6, 6.07) is 23.5. The van der Waals surface area contributed by atoms with Crippen LogP contribution in [0.2, 0.25) is 0 Å². The van der Waals surface area contributed by atoms with Crippen molar-refractivity contribution < 1.29 is 90.4 Å². The summed E-state index contributed by atoms with van der Waals surface area (Å²) in [5.41, 5.74) is 2.19. The average Bonchev–Trinajstić information content (AvgIpc) is 3.25.